The maximum atomic E-state index is 2.33. The summed E-state index contributed by atoms with van der Waals surface area (Å²) in [5.74, 6) is 0. The number of hydrogen-bond donors (Lipinski definition) is 0. The monoisotopic (exact) mass is 273 g/mol. The molecule has 0 fully saturated rings. The summed E-state index contributed by atoms with van der Waals surface area (Å²) in [5, 5.41) is 5.42. The fourth-order valence-corrected chi connectivity index (χ4v) is 3.48. The van der Waals surface area contributed by atoms with Crippen molar-refractivity contribution in [2.45, 2.75) is 12.5 Å². The van der Waals surface area contributed by atoms with E-state index in [0.717, 1.165) is 0 Å². The number of likely N-dealkylation sites (N-methyl/N-ethyl adjacent to an activating group) is 1. The SMILES string of the molecule is CN(C)C1(C)C=Cc2cccc3ccc4cccc1c4c23. The van der Waals surface area contributed by atoms with Gasteiger partial charge in [-0.3, -0.25) is 4.90 Å². The Hall–Kier alpha value is -2.12. The van der Waals surface area contributed by atoms with Crippen molar-refractivity contribution in [1.82, 2.24) is 4.90 Å². The van der Waals surface area contributed by atoms with E-state index < -0.39 is 0 Å². The summed E-state index contributed by atoms with van der Waals surface area (Å²) in [6.45, 7) is 2.29. The summed E-state index contributed by atoms with van der Waals surface area (Å²) >= 11 is 0. The van der Waals surface area contributed by atoms with Crippen molar-refractivity contribution in [2.24, 2.45) is 0 Å². The first-order valence-electron chi connectivity index (χ1n) is 7.43. The van der Waals surface area contributed by atoms with Crippen LogP contribution in [0.2, 0.25) is 0 Å². The van der Waals surface area contributed by atoms with Gasteiger partial charge in [0.05, 0.1) is 5.54 Å². The second kappa shape index (κ2) is 4.19. The molecule has 21 heavy (non-hydrogen) atoms. The average molecular weight is 273 g/mol. The van der Waals surface area contributed by atoms with Gasteiger partial charge in [-0.25, -0.2) is 0 Å². The summed E-state index contributed by atoms with van der Waals surface area (Å²) in [6.07, 6.45) is 4.61. The standard InChI is InChI=1S/C20H19N/c1-20(21(2)3)13-12-16-7-4-6-14-10-11-15-8-5-9-17(20)19(15)18(14)16/h4-13H,1-3H3. The van der Waals surface area contributed by atoms with Crippen molar-refractivity contribution < 1.29 is 0 Å². The van der Waals surface area contributed by atoms with E-state index in [2.05, 4.69) is 86.6 Å². The zero-order valence-electron chi connectivity index (χ0n) is 12.7. The van der Waals surface area contributed by atoms with Gasteiger partial charge < -0.3 is 0 Å². The average Bonchev–Trinajstić information content (AvgIpc) is 2.63. The van der Waals surface area contributed by atoms with Crippen LogP contribution in [-0.2, 0) is 5.54 Å². The van der Waals surface area contributed by atoms with Crippen LogP contribution in [0.5, 0.6) is 0 Å². The molecule has 3 aromatic rings. The minimum absolute atomic E-state index is 0.0905. The third kappa shape index (κ3) is 1.61. The fourth-order valence-electron chi connectivity index (χ4n) is 3.48. The number of benzene rings is 3. The molecule has 4 rings (SSSR count). The normalized spacial score (nSPS) is 20.6. The number of rotatable bonds is 1. The van der Waals surface area contributed by atoms with Crippen molar-refractivity contribution in [3.05, 3.63) is 65.7 Å². The van der Waals surface area contributed by atoms with Gasteiger partial charge in [-0.2, -0.15) is 0 Å². The lowest BCUT2D eigenvalue weighted by Crippen LogP contribution is -2.36. The molecule has 0 amide bonds. The zero-order chi connectivity index (χ0) is 14.6. The van der Waals surface area contributed by atoms with E-state index in [1.807, 2.05) is 0 Å². The summed E-state index contributed by atoms with van der Waals surface area (Å²) in [5.41, 5.74) is 2.61. The minimum Gasteiger partial charge on any atom is -0.297 e. The highest BCUT2D eigenvalue weighted by atomic mass is 15.1. The summed E-state index contributed by atoms with van der Waals surface area (Å²) < 4.78 is 0. The first-order chi connectivity index (χ1) is 10.1. The first kappa shape index (κ1) is 12.6. The van der Waals surface area contributed by atoms with Gasteiger partial charge in [0.25, 0.3) is 0 Å². The van der Waals surface area contributed by atoms with Crippen molar-refractivity contribution in [3.8, 4) is 0 Å². The molecule has 0 aliphatic heterocycles. The van der Waals surface area contributed by atoms with E-state index >= 15 is 0 Å². The van der Waals surface area contributed by atoms with E-state index in [9.17, 15) is 0 Å². The van der Waals surface area contributed by atoms with Crippen LogP contribution in [0.4, 0.5) is 0 Å². The molecule has 0 radical (unpaired) electrons. The van der Waals surface area contributed by atoms with Crippen molar-refractivity contribution in [3.63, 3.8) is 0 Å². The van der Waals surface area contributed by atoms with Gasteiger partial charge in [-0.1, -0.05) is 60.7 Å². The van der Waals surface area contributed by atoms with E-state index in [1.54, 1.807) is 0 Å². The van der Waals surface area contributed by atoms with Crippen molar-refractivity contribution in [2.75, 3.05) is 14.1 Å². The molecule has 0 bridgehead atoms. The molecule has 104 valence electrons. The second-order valence-corrected chi connectivity index (χ2v) is 6.29. The van der Waals surface area contributed by atoms with Crippen LogP contribution in [0.15, 0.2) is 54.6 Å². The maximum absolute atomic E-state index is 2.33. The highest BCUT2D eigenvalue weighted by Gasteiger charge is 2.30. The largest absolute Gasteiger partial charge is 0.297 e. The molecule has 1 heteroatoms. The smallest absolute Gasteiger partial charge is 0.0621 e. The van der Waals surface area contributed by atoms with Crippen molar-refractivity contribution in [1.29, 1.82) is 0 Å². The van der Waals surface area contributed by atoms with Crippen LogP contribution in [0, 0.1) is 0 Å². The fraction of sp³-hybridized carbons (Fsp3) is 0.200. The molecule has 1 aliphatic carbocycles. The molecule has 0 heterocycles. The van der Waals surface area contributed by atoms with Crippen LogP contribution in [-0.4, -0.2) is 19.0 Å². The molecule has 0 saturated carbocycles. The molecule has 0 saturated heterocycles. The second-order valence-electron chi connectivity index (χ2n) is 6.29. The minimum atomic E-state index is -0.0905. The highest BCUT2D eigenvalue weighted by molar-refractivity contribution is 6.13. The summed E-state index contributed by atoms with van der Waals surface area (Å²) in [4.78, 5) is 2.29. The van der Waals surface area contributed by atoms with Crippen LogP contribution in [0.3, 0.4) is 0 Å². The predicted octanol–water partition coefficient (Wildman–Crippen LogP) is 4.80. The molecule has 0 N–H and O–H groups in total. The van der Waals surface area contributed by atoms with Crippen LogP contribution in [0.1, 0.15) is 18.1 Å². The van der Waals surface area contributed by atoms with E-state index in [-0.39, 0.29) is 5.54 Å². The van der Waals surface area contributed by atoms with Crippen LogP contribution >= 0.6 is 0 Å². The molecule has 1 unspecified atom stereocenters. The van der Waals surface area contributed by atoms with E-state index in [1.165, 1.54) is 32.7 Å². The van der Waals surface area contributed by atoms with Gasteiger partial charge in [-0.15, -0.1) is 0 Å². The predicted molar refractivity (Wildman–Crippen MR) is 91.5 cm³/mol. The Labute approximate surface area is 125 Å². The number of nitrogens with zero attached hydrogens (tertiary/aromatic N) is 1. The third-order valence-electron chi connectivity index (χ3n) is 4.98. The molecular weight excluding hydrogens is 254 g/mol. The quantitative estimate of drug-likeness (QED) is 0.576. The molecule has 1 atom stereocenters. The summed E-state index contributed by atoms with van der Waals surface area (Å²) in [7, 11) is 4.30. The molecule has 1 aliphatic rings. The first-order valence-corrected chi connectivity index (χ1v) is 7.43. The Morgan fingerprint density at radius 3 is 2.19 bits per heavy atom. The Morgan fingerprint density at radius 2 is 1.48 bits per heavy atom. The summed E-state index contributed by atoms with van der Waals surface area (Å²) in [6, 6.07) is 17.7. The van der Waals surface area contributed by atoms with E-state index in [0.29, 0.717) is 0 Å². The van der Waals surface area contributed by atoms with Crippen molar-refractivity contribution >= 4 is 27.6 Å². The van der Waals surface area contributed by atoms with Gasteiger partial charge in [0.2, 0.25) is 0 Å². The lowest BCUT2D eigenvalue weighted by Gasteiger charge is -2.34. The topological polar surface area (TPSA) is 3.24 Å². The van der Waals surface area contributed by atoms with E-state index in [4.69, 9.17) is 0 Å². The maximum Gasteiger partial charge on any atom is 0.0621 e. The Morgan fingerprint density at radius 1 is 0.810 bits per heavy atom. The van der Waals surface area contributed by atoms with Gasteiger partial charge in [-0.05, 0) is 53.7 Å². The Kier molecular flexibility index (Phi) is 2.51. The molecule has 3 aromatic carbocycles. The number of hydrogen-bond acceptors (Lipinski definition) is 1. The lowest BCUT2D eigenvalue weighted by molar-refractivity contribution is 0.236. The van der Waals surface area contributed by atoms with Gasteiger partial charge >= 0.3 is 0 Å². The zero-order valence-corrected chi connectivity index (χ0v) is 12.7. The third-order valence-corrected chi connectivity index (χ3v) is 4.98. The Balaban J connectivity index is 2.30. The van der Waals surface area contributed by atoms with Gasteiger partial charge in [0.15, 0.2) is 0 Å². The van der Waals surface area contributed by atoms with Gasteiger partial charge in [0.1, 0.15) is 0 Å². The Bertz CT molecular complexity index is 889. The molecule has 0 aromatic heterocycles. The van der Waals surface area contributed by atoms with Crippen LogP contribution < -0.4 is 0 Å². The lowest BCUT2D eigenvalue weighted by atomic mass is 9.86. The van der Waals surface area contributed by atoms with Crippen LogP contribution in [0.25, 0.3) is 27.6 Å². The molecule has 0 spiro atoms. The van der Waals surface area contributed by atoms with Gasteiger partial charge in [0, 0.05) is 0 Å². The highest BCUT2D eigenvalue weighted by Crippen LogP contribution is 2.41. The molecule has 1 nitrogen and oxygen atoms in total. The molecular formula is C20H19N.